The monoisotopic (exact) mass is 409 g/mol. The van der Waals surface area contributed by atoms with Crippen LogP contribution in [0.25, 0.3) is 21.8 Å². The molecular weight excluding hydrogens is 386 g/mol. The fourth-order valence-corrected chi connectivity index (χ4v) is 4.65. The van der Waals surface area contributed by atoms with E-state index in [0.717, 1.165) is 33.4 Å². The second kappa shape index (κ2) is 7.13. The third-order valence-electron chi connectivity index (χ3n) is 5.25. The number of hydrogen-bond acceptors (Lipinski definition) is 5. The minimum atomic E-state index is -3.62. The number of nitrogens with one attached hydrogen (secondary N) is 1. The quantitative estimate of drug-likeness (QED) is 0.527. The van der Waals surface area contributed by atoms with E-state index in [2.05, 4.69) is 14.7 Å². The lowest BCUT2D eigenvalue weighted by Gasteiger charge is -2.12. The third-order valence-corrected chi connectivity index (χ3v) is 6.70. The summed E-state index contributed by atoms with van der Waals surface area (Å²) in [7, 11) is -3.62. The first-order valence-corrected chi connectivity index (χ1v) is 10.8. The van der Waals surface area contributed by atoms with Crippen molar-refractivity contribution in [3.63, 3.8) is 0 Å². The molecule has 29 heavy (non-hydrogen) atoms. The zero-order valence-electron chi connectivity index (χ0n) is 16.6. The summed E-state index contributed by atoms with van der Waals surface area (Å²) in [6, 6.07) is 12.8. The van der Waals surface area contributed by atoms with Crippen LogP contribution in [0.2, 0.25) is 0 Å². The normalized spacial score (nSPS) is 12.1. The van der Waals surface area contributed by atoms with E-state index in [9.17, 15) is 8.42 Å². The summed E-state index contributed by atoms with van der Waals surface area (Å²) >= 11 is 0. The molecule has 0 aliphatic heterocycles. The highest BCUT2D eigenvalue weighted by molar-refractivity contribution is 7.89. The van der Waals surface area contributed by atoms with Gasteiger partial charge in [-0.25, -0.2) is 23.1 Å². The van der Waals surface area contributed by atoms with Gasteiger partial charge in [-0.3, -0.25) is 0 Å². The van der Waals surface area contributed by atoms with Crippen molar-refractivity contribution < 1.29 is 8.42 Å². The SMILES string of the molecule is Cc1nc(N)c2nc(C)n(CCNS(=O)(=O)c3ccc4ccccc4c3)c2c1C. The molecule has 4 aromatic rings. The van der Waals surface area contributed by atoms with Crippen molar-refractivity contribution in [3.8, 4) is 0 Å². The first kappa shape index (κ1) is 19.4. The van der Waals surface area contributed by atoms with Gasteiger partial charge < -0.3 is 10.3 Å². The number of pyridine rings is 1. The number of rotatable bonds is 5. The molecule has 0 saturated carbocycles. The molecule has 8 heteroatoms. The first-order valence-electron chi connectivity index (χ1n) is 9.36. The Labute approximate surface area is 169 Å². The number of nitrogens with two attached hydrogens (primary N) is 1. The molecule has 0 unspecified atom stereocenters. The minimum Gasteiger partial charge on any atom is -0.382 e. The van der Waals surface area contributed by atoms with Crippen molar-refractivity contribution >= 4 is 37.6 Å². The zero-order valence-corrected chi connectivity index (χ0v) is 17.4. The standard InChI is InChI=1S/C21H23N5O2S/c1-13-14(2)24-21(22)19-20(13)26(15(3)25-19)11-10-23-29(27,28)18-9-8-16-6-4-5-7-17(16)12-18/h4-9,12,23H,10-11H2,1-3H3,(H2,22,24). The molecule has 4 rings (SSSR count). The van der Waals surface area contributed by atoms with Crippen LogP contribution < -0.4 is 10.5 Å². The van der Waals surface area contributed by atoms with Gasteiger partial charge in [0.05, 0.1) is 10.4 Å². The van der Waals surface area contributed by atoms with Gasteiger partial charge in [0.1, 0.15) is 11.3 Å². The number of fused-ring (bicyclic) bond motifs is 2. The number of nitrogen functional groups attached to an aromatic ring is 1. The summed E-state index contributed by atoms with van der Waals surface area (Å²) in [4.78, 5) is 9.10. The average Bonchev–Trinajstić information content (AvgIpc) is 3.03. The fraction of sp³-hybridized carbons (Fsp3) is 0.238. The average molecular weight is 410 g/mol. The fourth-order valence-electron chi connectivity index (χ4n) is 3.60. The van der Waals surface area contributed by atoms with Gasteiger partial charge >= 0.3 is 0 Å². The summed E-state index contributed by atoms with van der Waals surface area (Å²) in [6.45, 7) is 6.44. The maximum atomic E-state index is 12.8. The summed E-state index contributed by atoms with van der Waals surface area (Å²) in [5.41, 5.74) is 9.42. The summed E-state index contributed by atoms with van der Waals surface area (Å²) < 4.78 is 30.2. The molecule has 0 aliphatic carbocycles. The first-order chi connectivity index (χ1) is 13.8. The molecule has 0 radical (unpaired) electrons. The van der Waals surface area contributed by atoms with Crippen molar-refractivity contribution in [3.05, 3.63) is 59.5 Å². The van der Waals surface area contributed by atoms with Crippen LogP contribution in [-0.2, 0) is 16.6 Å². The molecule has 2 heterocycles. The lowest BCUT2D eigenvalue weighted by Crippen LogP contribution is -2.27. The second-order valence-electron chi connectivity index (χ2n) is 7.12. The molecule has 150 valence electrons. The summed E-state index contributed by atoms with van der Waals surface area (Å²) in [5.74, 6) is 1.16. The minimum absolute atomic E-state index is 0.238. The van der Waals surface area contributed by atoms with Crippen LogP contribution in [0.4, 0.5) is 5.82 Å². The van der Waals surface area contributed by atoms with E-state index in [1.807, 2.05) is 55.7 Å². The van der Waals surface area contributed by atoms with Crippen LogP contribution in [0.3, 0.4) is 0 Å². The smallest absolute Gasteiger partial charge is 0.240 e. The molecule has 0 aliphatic rings. The van der Waals surface area contributed by atoms with E-state index in [-0.39, 0.29) is 11.4 Å². The molecule has 2 aromatic heterocycles. The molecule has 2 aromatic carbocycles. The number of imidazole rings is 1. The van der Waals surface area contributed by atoms with Gasteiger partial charge in [-0.15, -0.1) is 0 Å². The van der Waals surface area contributed by atoms with Gasteiger partial charge in [-0.05, 0) is 49.2 Å². The van der Waals surface area contributed by atoms with E-state index in [0.29, 0.717) is 17.9 Å². The van der Waals surface area contributed by atoms with Crippen molar-refractivity contribution in [1.82, 2.24) is 19.3 Å². The van der Waals surface area contributed by atoms with Crippen LogP contribution in [0, 0.1) is 20.8 Å². The number of nitrogens with zero attached hydrogens (tertiary/aromatic N) is 3. The van der Waals surface area contributed by atoms with Crippen LogP contribution in [0.1, 0.15) is 17.1 Å². The Bertz CT molecular complexity index is 1340. The molecular formula is C21H23N5O2S. The van der Waals surface area contributed by atoms with E-state index < -0.39 is 10.0 Å². The molecule has 0 spiro atoms. The van der Waals surface area contributed by atoms with Gasteiger partial charge in [-0.2, -0.15) is 0 Å². The van der Waals surface area contributed by atoms with Crippen LogP contribution in [0.15, 0.2) is 47.4 Å². The molecule has 0 saturated heterocycles. The molecule has 0 bridgehead atoms. The second-order valence-corrected chi connectivity index (χ2v) is 8.89. The number of hydrogen-bond donors (Lipinski definition) is 2. The van der Waals surface area contributed by atoms with E-state index in [4.69, 9.17) is 5.73 Å². The van der Waals surface area contributed by atoms with Crippen molar-refractivity contribution in [2.75, 3.05) is 12.3 Å². The van der Waals surface area contributed by atoms with Crippen molar-refractivity contribution in [2.24, 2.45) is 0 Å². The van der Waals surface area contributed by atoms with Gasteiger partial charge in [0.2, 0.25) is 10.0 Å². The van der Waals surface area contributed by atoms with Gasteiger partial charge in [0, 0.05) is 18.8 Å². The Kier molecular flexibility index (Phi) is 4.76. The van der Waals surface area contributed by atoms with Crippen LogP contribution >= 0.6 is 0 Å². The molecule has 0 atom stereocenters. The lowest BCUT2D eigenvalue weighted by molar-refractivity contribution is 0.573. The van der Waals surface area contributed by atoms with Gasteiger partial charge in [0.25, 0.3) is 0 Å². The summed E-state index contributed by atoms with van der Waals surface area (Å²) in [5, 5.41) is 1.89. The zero-order chi connectivity index (χ0) is 20.8. The number of aromatic nitrogens is 3. The molecule has 7 nitrogen and oxygen atoms in total. The number of anilines is 1. The van der Waals surface area contributed by atoms with E-state index >= 15 is 0 Å². The summed E-state index contributed by atoms with van der Waals surface area (Å²) in [6.07, 6.45) is 0. The molecule has 0 fully saturated rings. The highest BCUT2D eigenvalue weighted by atomic mass is 32.2. The van der Waals surface area contributed by atoms with E-state index in [1.165, 1.54) is 0 Å². The van der Waals surface area contributed by atoms with Crippen LogP contribution in [0.5, 0.6) is 0 Å². The Balaban J connectivity index is 1.59. The third kappa shape index (κ3) is 3.45. The number of aryl methyl sites for hydroxylation is 3. The maximum absolute atomic E-state index is 12.8. The molecule has 3 N–H and O–H groups in total. The predicted octanol–water partition coefficient (Wildman–Crippen LogP) is 3.07. The lowest BCUT2D eigenvalue weighted by atomic mass is 10.1. The van der Waals surface area contributed by atoms with Gasteiger partial charge in [0.15, 0.2) is 5.82 Å². The van der Waals surface area contributed by atoms with Crippen LogP contribution in [-0.4, -0.2) is 29.5 Å². The Hall–Kier alpha value is -2.97. The largest absolute Gasteiger partial charge is 0.382 e. The van der Waals surface area contributed by atoms with Gasteiger partial charge in [-0.1, -0.05) is 30.3 Å². The number of sulfonamides is 1. The van der Waals surface area contributed by atoms with Crippen molar-refractivity contribution in [2.45, 2.75) is 32.2 Å². The van der Waals surface area contributed by atoms with Crippen molar-refractivity contribution in [1.29, 1.82) is 0 Å². The highest BCUT2D eigenvalue weighted by Crippen LogP contribution is 2.25. The Morgan fingerprint density at radius 3 is 2.52 bits per heavy atom. The Morgan fingerprint density at radius 1 is 1.03 bits per heavy atom. The van der Waals surface area contributed by atoms with E-state index in [1.54, 1.807) is 12.1 Å². The molecule has 0 amide bonds. The number of benzene rings is 2. The predicted molar refractivity (Wildman–Crippen MR) is 115 cm³/mol. The topological polar surface area (TPSA) is 103 Å². The maximum Gasteiger partial charge on any atom is 0.240 e. The highest BCUT2D eigenvalue weighted by Gasteiger charge is 2.17. The Morgan fingerprint density at radius 2 is 1.76 bits per heavy atom.